The Hall–Kier alpha value is -1.45. The van der Waals surface area contributed by atoms with E-state index in [1.54, 1.807) is 24.3 Å². The lowest BCUT2D eigenvalue weighted by atomic mass is 10.0. The van der Waals surface area contributed by atoms with E-state index in [-0.39, 0.29) is 0 Å². The number of rotatable bonds is 3. The Bertz CT molecular complexity index is 617. The van der Waals surface area contributed by atoms with Gasteiger partial charge in [0.1, 0.15) is 11.6 Å². The first-order valence-electron chi connectivity index (χ1n) is 5.70. The van der Waals surface area contributed by atoms with E-state index >= 15 is 0 Å². The second kappa shape index (κ2) is 5.68. The van der Waals surface area contributed by atoms with Crippen LogP contribution >= 0.6 is 23.2 Å². The van der Waals surface area contributed by atoms with Crippen LogP contribution in [0.4, 0.5) is 10.1 Å². The third-order valence-corrected chi connectivity index (χ3v) is 3.21. The number of anilines is 1. The molecule has 0 atom stereocenters. The van der Waals surface area contributed by atoms with E-state index < -0.39 is 5.82 Å². The molecule has 5 heteroatoms. The number of nitrogens with two attached hydrogens (primary N) is 1. The molecule has 0 aliphatic carbocycles. The van der Waals surface area contributed by atoms with Gasteiger partial charge in [0.05, 0.1) is 16.7 Å². The van der Waals surface area contributed by atoms with Gasteiger partial charge >= 0.3 is 0 Å². The molecule has 0 amide bonds. The molecule has 0 fully saturated rings. The van der Waals surface area contributed by atoms with E-state index in [2.05, 4.69) is 0 Å². The maximum absolute atomic E-state index is 13.9. The van der Waals surface area contributed by atoms with Gasteiger partial charge in [0.2, 0.25) is 0 Å². The summed E-state index contributed by atoms with van der Waals surface area (Å²) in [6.07, 6.45) is 0. The highest BCUT2D eigenvalue weighted by Crippen LogP contribution is 2.38. The number of halogens is 3. The summed E-state index contributed by atoms with van der Waals surface area (Å²) < 4.78 is 19.2. The minimum Gasteiger partial charge on any atom is -0.492 e. The van der Waals surface area contributed by atoms with Gasteiger partial charge in [-0.3, -0.25) is 0 Å². The Morgan fingerprint density at radius 1 is 1.11 bits per heavy atom. The molecule has 19 heavy (non-hydrogen) atoms. The highest BCUT2D eigenvalue weighted by atomic mass is 35.5. The minimum absolute atomic E-state index is 0.351. The summed E-state index contributed by atoms with van der Waals surface area (Å²) in [6, 6.07) is 7.60. The van der Waals surface area contributed by atoms with Crippen LogP contribution < -0.4 is 10.5 Å². The Kier molecular flexibility index (Phi) is 4.17. The Morgan fingerprint density at radius 2 is 1.84 bits per heavy atom. The molecular formula is C14H12Cl2FNO. The summed E-state index contributed by atoms with van der Waals surface area (Å²) in [5, 5.41) is 0.758. The van der Waals surface area contributed by atoms with Crippen LogP contribution in [0, 0.1) is 5.82 Å². The van der Waals surface area contributed by atoms with Crippen LogP contribution in [0.3, 0.4) is 0 Å². The summed E-state index contributed by atoms with van der Waals surface area (Å²) in [4.78, 5) is 0. The number of hydrogen-bond acceptors (Lipinski definition) is 2. The van der Waals surface area contributed by atoms with E-state index in [1.807, 2.05) is 6.92 Å². The number of benzene rings is 2. The van der Waals surface area contributed by atoms with Crippen LogP contribution in [-0.4, -0.2) is 6.61 Å². The van der Waals surface area contributed by atoms with Crippen molar-refractivity contribution < 1.29 is 9.13 Å². The molecule has 0 aliphatic heterocycles. The van der Waals surface area contributed by atoms with E-state index in [0.717, 1.165) is 0 Å². The largest absolute Gasteiger partial charge is 0.492 e. The van der Waals surface area contributed by atoms with E-state index in [0.29, 0.717) is 39.2 Å². The van der Waals surface area contributed by atoms with Gasteiger partial charge < -0.3 is 10.5 Å². The maximum Gasteiger partial charge on any atom is 0.139 e. The minimum atomic E-state index is -0.442. The zero-order chi connectivity index (χ0) is 14.0. The third-order valence-electron chi connectivity index (χ3n) is 2.60. The monoisotopic (exact) mass is 299 g/mol. The van der Waals surface area contributed by atoms with Gasteiger partial charge in [0.25, 0.3) is 0 Å². The molecule has 2 nitrogen and oxygen atoms in total. The predicted molar refractivity (Wildman–Crippen MR) is 77.4 cm³/mol. The second-order valence-corrected chi connectivity index (χ2v) is 4.75. The summed E-state index contributed by atoms with van der Waals surface area (Å²) in [5.74, 6) is 0.0379. The molecular weight excluding hydrogens is 288 g/mol. The molecule has 2 rings (SSSR count). The molecule has 2 aromatic carbocycles. The Morgan fingerprint density at radius 3 is 2.47 bits per heavy atom. The van der Waals surface area contributed by atoms with Gasteiger partial charge in [-0.05, 0) is 31.2 Å². The summed E-state index contributed by atoms with van der Waals surface area (Å²) in [5.41, 5.74) is 6.73. The van der Waals surface area contributed by atoms with Crippen LogP contribution in [0.15, 0.2) is 30.3 Å². The van der Waals surface area contributed by atoms with Crippen LogP contribution in [0.25, 0.3) is 11.1 Å². The van der Waals surface area contributed by atoms with Gasteiger partial charge in [-0.2, -0.15) is 0 Å². The van der Waals surface area contributed by atoms with Gasteiger partial charge in [-0.25, -0.2) is 4.39 Å². The molecule has 0 bridgehead atoms. The summed E-state index contributed by atoms with van der Waals surface area (Å²) in [6.45, 7) is 2.32. The fraction of sp³-hybridized carbons (Fsp3) is 0.143. The molecule has 0 saturated carbocycles. The van der Waals surface area contributed by atoms with Crippen LogP contribution in [-0.2, 0) is 0 Å². The summed E-state index contributed by atoms with van der Waals surface area (Å²) in [7, 11) is 0. The van der Waals surface area contributed by atoms with E-state index in [1.165, 1.54) is 6.07 Å². The fourth-order valence-corrected chi connectivity index (χ4v) is 2.22. The smallest absolute Gasteiger partial charge is 0.139 e. The normalized spacial score (nSPS) is 10.5. The van der Waals surface area contributed by atoms with Crippen LogP contribution in [0.1, 0.15) is 6.92 Å². The van der Waals surface area contributed by atoms with Crippen molar-refractivity contribution >= 4 is 28.9 Å². The molecule has 2 N–H and O–H groups in total. The molecule has 0 aromatic heterocycles. The predicted octanol–water partition coefficient (Wildman–Crippen LogP) is 4.78. The quantitative estimate of drug-likeness (QED) is 0.828. The molecule has 0 radical (unpaired) electrons. The van der Waals surface area contributed by atoms with Crippen molar-refractivity contribution in [3.8, 4) is 16.9 Å². The molecule has 0 heterocycles. The topological polar surface area (TPSA) is 35.2 Å². The standard InChI is InChI=1S/C14H12Cl2FNO/c1-2-19-14-7-11(15)10(6-12(14)16)9-4-3-8(18)5-13(9)17/h3-7H,2,18H2,1H3. The zero-order valence-electron chi connectivity index (χ0n) is 10.2. The molecule has 0 unspecified atom stereocenters. The first-order chi connectivity index (χ1) is 9.02. The lowest BCUT2D eigenvalue weighted by molar-refractivity contribution is 0.340. The van der Waals surface area contributed by atoms with E-state index in [9.17, 15) is 4.39 Å². The number of hydrogen-bond donors (Lipinski definition) is 1. The van der Waals surface area contributed by atoms with Crippen LogP contribution in [0.2, 0.25) is 10.0 Å². The number of ether oxygens (including phenoxy) is 1. The lowest BCUT2D eigenvalue weighted by Crippen LogP contribution is -1.94. The molecule has 0 spiro atoms. The highest BCUT2D eigenvalue weighted by Gasteiger charge is 2.13. The van der Waals surface area contributed by atoms with Crippen molar-refractivity contribution in [3.05, 3.63) is 46.2 Å². The van der Waals surface area contributed by atoms with Gasteiger partial charge in [-0.15, -0.1) is 0 Å². The van der Waals surface area contributed by atoms with Crippen molar-refractivity contribution in [3.63, 3.8) is 0 Å². The number of nitrogen functional groups attached to an aromatic ring is 1. The Balaban J connectivity index is 2.53. The highest BCUT2D eigenvalue weighted by molar-refractivity contribution is 6.36. The maximum atomic E-state index is 13.9. The Labute approximate surface area is 120 Å². The third kappa shape index (κ3) is 2.94. The van der Waals surface area contributed by atoms with Crippen molar-refractivity contribution in [1.82, 2.24) is 0 Å². The molecule has 2 aromatic rings. The second-order valence-electron chi connectivity index (χ2n) is 3.93. The van der Waals surface area contributed by atoms with Crippen LogP contribution in [0.5, 0.6) is 5.75 Å². The van der Waals surface area contributed by atoms with Gasteiger partial charge in [0.15, 0.2) is 0 Å². The molecule has 100 valence electrons. The van der Waals surface area contributed by atoms with Gasteiger partial charge in [0, 0.05) is 22.9 Å². The zero-order valence-corrected chi connectivity index (χ0v) is 11.7. The lowest BCUT2D eigenvalue weighted by Gasteiger charge is -2.11. The first kappa shape index (κ1) is 14.0. The van der Waals surface area contributed by atoms with Crippen molar-refractivity contribution in [2.24, 2.45) is 0 Å². The van der Waals surface area contributed by atoms with Crippen molar-refractivity contribution in [2.45, 2.75) is 6.92 Å². The van der Waals surface area contributed by atoms with Crippen molar-refractivity contribution in [2.75, 3.05) is 12.3 Å². The fourth-order valence-electron chi connectivity index (χ4n) is 1.75. The molecule has 0 aliphatic rings. The average Bonchev–Trinajstić information content (AvgIpc) is 2.34. The SMILES string of the molecule is CCOc1cc(Cl)c(-c2ccc(N)cc2F)cc1Cl. The first-order valence-corrected chi connectivity index (χ1v) is 6.45. The average molecular weight is 300 g/mol. The van der Waals surface area contributed by atoms with E-state index in [4.69, 9.17) is 33.7 Å². The summed E-state index contributed by atoms with van der Waals surface area (Å²) >= 11 is 12.2. The molecule has 0 saturated heterocycles. The van der Waals surface area contributed by atoms with Gasteiger partial charge in [-0.1, -0.05) is 23.2 Å². The van der Waals surface area contributed by atoms with Crippen molar-refractivity contribution in [1.29, 1.82) is 0 Å².